The SMILES string of the molecule is C=CC(=O)N1CCC(C(CC)c2ncnc(N)c2C(=NC)c2ccc(Oc3cccc(F)c3)cc2F)C1. The molecule has 1 aliphatic rings. The molecule has 9 heteroatoms. The number of anilines is 1. The van der Waals surface area contributed by atoms with Gasteiger partial charge in [-0.3, -0.25) is 9.79 Å². The van der Waals surface area contributed by atoms with Crippen molar-refractivity contribution in [2.24, 2.45) is 10.9 Å². The number of ether oxygens (including phenoxy) is 1. The van der Waals surface area contributed by atoms with Crippen LogP contribution in [0.15, 0.2) is 66.4 Å². The number of aromatic nitrogens is 2. The van der Waals surface area contributed by atoms with E-state index in [0.29, 0.717) is 30.1 Å². The Labute approximate surface area is 214 Å². The van der Waals surface area contributed by atoms with Crippen LogP contribution in [0.4, 0.5) is 14.6 Å². The minimum absolute atomic E-state index is 0.0432. The van der Waals surface area contributed by atoms with Crippen molar-refractivity contribution in [1.82, 2.24) is 14.9 Å². The number of nitrogens with zero attached hydrogens (tertiary/aromatic N) is 4. The Hall–Kier alpha value is -4.14. The maximum atomic E-state index is 15.4. The van der Waals surface area contributed by atoms with Gasteiger partial charge in [-0.15, -0.1) is 0 Å². The zero-order valence-electron chi connectivity index (χ0n) is 20.8. The van der Waals surface area contributed by atoms with E-state index in [2.05, 4.69) is 21.5 Å². The van der Waals surface area contributed by atoms with Crippen molar-refractivity contribution in [3.8, 4) is 11.5 Å². The highest BCUT2D eigenvalue weighted by Crippen LogP contribution is 2.37. The van der Waals surface area contributed by atoms with Gasteiger partial charge in [0.25, 0.3) is 0 Å². The average molecular weight is 506 g/mol. The molecule has 0 aliphatic carbocycles. The number of nitrogen functional groups attached to an aromatic ring is 1. The second-order valence-electron chi connectivity index (χ2n) is 8.84. The maximum Gasteiger partial charge on any atom is 0.245 e. The van der Waals surface area contributed by atoms with Gasteiger partial charge in [-0.2, -0.15) is 0 Å². The third kappa shape index (κ3) is 5.50. The Bertz CT molecular complexity index is 1340. The number of aliphatic imine (C=N–C) groups is 1. The molecular formula is C28H29F2N5O2. The number of likely N-dealkylation sites (tertiary alicyclic amines) is 1. The van der Waals surface area contributed by atoms with E-state index >= 15 is 4.39 Å². The molecule has 37 heavy (non-hydrogen) atoms. The Kier molecular flexibility index (Phi) is 7.91. The zero-order valence-corrected chi connectivity index (χ0v) is 20.8. The van der Waals surface area contributed by atoms with E-state index in [0.717, 1.165) is 12.8 Å². The van der Waals surface area contributed by atoms with Gasteiger partial charge in [0.05, 0.1) is 17.0 Å². The number of amides is 1. The highest BCUT2D eigenvalue weighted by molar-refractivity contribution is 6.16. The highest BCUT2D eigenvalue weighted by Gasteiger charge is 2.34. The summed E-state index contributed by atoms with van der Waals surface area (Å²) in [5, 5.41) is 0. The largest absolute Gasteiger partial charge is 0.457 e. The molecule has 1 fully saturated rings. The van der Waals surface area contributed by atoms with Crippen molar-refractivity contribution < 1.29 is 18.3 Å². The first-order valence-electron chi connectivity index (χ1n) is 12.1. The lowest BCUT2D eigenvalue weighted by atomic mass is 9.83. The van der Waals surface area contributed by atoms with Crippen LogP contribution < -0.4 is 10.5 Å². The van der Waals surface area contributed by atoms with E-state index in [1.165, 1.54) is 36.7 Å². The van der Waals surface area contributed by atoms with E-state index in [1.54, 1.807) is 30.1 Å². The molecule has 0 radical (unpaired) electrons. The number of carbonyl (C=O) groups is 1. The average Bonchev–Trinajstić information content (AvgIpc) is 3.37. The summed E-state index contributed by atoms with van der Waals surface area (Å²) >= 11 is 0. The molecule has 1 saturated heterocycles. The molecule has 3 aromatic rings. The van der Waals surface area contributed by atoms with Crippen LogP contribution in [-0.2, 0) is 4.79 Å². The molecule has 1 aromatic heterocycles. The number of rotatable bonds is 8. The minimum Gasteiger partial charge on any atom is -0.457 e. The van der Waals surface area contributed by atoms with Gasteiger partial charge in [0.15, 0.2) is 0 Å². The quantitative estimate of drug-likeness (QED) is 0.339. The van der Waals surface area contributed by atoms with Crippen molar-refractivity contribution in [3.63, 3.8) is 0 Å². The molecule has 4 rings (SSSR count). The number of hydrogen-bond donors (Lipinski definition) is 1. The predicted molar refractivity (Wildman–Crippen MR) is 139 cm³/mol. The molecule has 0 saturated carbocycles. The van der Waals surface area contributed by atoms with Gasteiger partial charge in [-0.25, -0.2) is 18.7 Å². The molecule has 1 aliphatic heterocycles. The molecule has 0 bridgehead atoms. The van der Waals surface area contributed by atoms with E-state index < -0.39 is 11.6 Å². The normalized spacial score (nSPS) is 16.5. The van der Waals surface area contributed by atoms with Gasteiger partial charge in [-0.05, 0) is 49.1 Å². The van der Waals surface area contributed by atoms with Crippen LogP contribution in [-0.4, -0.2) is 46.6 Å². The van der Waals surface area contributed by atoms with Gasteiger partial charge < -0.3 is 15.4 Å². The summed E-state index contributed by atoms with van der Waals surface area (Å²) in [6.45, 7) is 6.84. The fourth-order valence-electron chi connectivity index (χ4n) is 4.92. The first kappa shape index (κ1) is 25.9. The number of hydrogen-bond acceptors (Lipinski definition) is 6. The van der Waals surface area contributed by atoms with Crippen LogP contribution in [0.5, 0.6) is 11.5 Å². The smallest absolute Gasteiger partial charge is 0.245 e. The van der Waals surface area contributed by atoms with Crippen LogP contribution in [0.25, 0.3) is 0 Å². The standard InChI is InChI=1S/C28H29F2N5O2/c1-4-21(17-11-12-35(15-17)24(36)5-2)27-25(28(31)34-16-33-27)26(32-3)22-10-9-20(14-23(22)30)37-19-8-6-7-18(29)13-19/h5-10,13-14,16-17,21H,2,4,11-12,15H2,1,3H3,(H2,31,33,34). The minimum atomic E-state index is -0.583. The lowest BCUT2D eigenvalue weighted by Gasteiger charge is -2.25. The van der Waals surface area contributed by atoms with Crippen LogP contribution in [0.1, 0.15) is 42.5 Å². The molecule has 2 N–H and O–H groups in total. The van der Waals surface area contributed by atoms with Crippen LogP contribution in [0, 0.1) is 17.6 Å². The van der Waals surface area contributed by atoms with Crippen molar-refractivity contribution in [2.45, 2.75) is 25.7 Å². The fourth-order valence-corrected chi connectivity index (χ4v) is 4.92. The van der Waals surface area contributed by atoms with Crippen molar-refractivity contribution in [3.05, 3.63) is 89.9 Å². The molecule has 7 nitrogen and oxygen atoms in total. The first-order chi connectivity index (χ1) is 17.9. The maximum absolute atomic E-state index is 15.4. The number of carbonyl (C=O) groups excluding carboxylic acids is 1. The summed E-state index contributed by atoms with van der Waals surface area (Å²) in [5.41, 5.74) is 8.00. The second kappa shape index (κ2) is 11.3. The number of halogens is 2. The number of nitrogens with two attached hydrogens (primary N) is 1. The van der Waals surface area contributed by atoms with E-state index in [9.17, 15) is 9.18 Å². The lowest BCUT2D eigenvalue weighted by molar-refractivity contribution is -0.125. The highest BCUT2D eigenvalue weighted by atomic mass is 19.1. The van der Waals surface area contributed by atoms with Crippen molar-refractivity contribution in [2.75, 3.05) is 25.9 Å². The molecule has 1 amide bonds. The molecule has 0 spiro atoms. The summed E-state index contributed by atoms with van der Waals surface area (Å²) < 4.78 is 34.5. The predicted octanol–water partition coefficient (Wildman–Crippen LogP) is 5.12. The fraction of sp³-hybridized carbons (Fsp3) is 0.286. The van der Waals surface area contributed by atoms with Gasteiger partial charge in [0, 0.05) is 43.8 Å². The molecule has 2 atom stereocenters. The Morgan fingerprint density at radius 1 is 1.27 bits per heavy atom. The second-order valence-corrected chi connectivity index (χ2v) is 8.84. The third-order valence-electron chi connectivity index (χ3n) is 6.66. The topological polar surface area (TPSA) is 93.7 Å². The van der Waals surface area contributed by atoms with E-state index in [-0.39, 0.29) is 40.6 Å². The van der Waals surface area contributed by atoms with E-state index in [4.69, 9.17) is 10.5 Å². The Balaban J connectivity index is 1.68. The van der Waals surface area contributed by atoms with Crippen LogP contribution >= 0.6 is 0 Å². The molecule has 2 unspecified atom stereocenters. The monoisotopic (exact) mass is 505 g/mol. The Morgan fingerprint density at radius 2 is 2.05 bits per heavy atom. The van der Waals surface area contributed by atoms with Crippen molar-refractivity contribution >= 4 is 17.4 Å². The molecule has 192 valence electrons. The molecular weight excluding hydrogens is 476 g/mol. The third-order valence-corrected chi connectivity index (χ3v) is 6.66. The summed E-state index contributed by atoms with van der Waals surface area (Å²) in [7, 11) is 1.56. The lowest BCUT2D eigenvalue weighted by Crippen LogP contribution is -2.28. The van der Waals surface area contributed by atoms with Crippen LogP contribution in [0.3, 0.4) is 0 Å². The summed E-state index contributed by atoms with van der Waals surface area (Å²) in [5.74, 6) is -0.369. The molecule has 2 heterocycles. The summed E-state index contributed by atoms with van der Waals surface area (Å²) in [6.07, 6.45) is 4.27. The Morgan fingerprint density at radius 3 is 2.73 bits per heavy atom. The van der Waals surface area contributed by atoms with Gasteiger partial charge >= 0.3 is 0 Å². The van der Waals surface area contributed by atoms with Gasteiger partial charge in [0.2, 0.25) is 5.91 Å². The van der Waals surface area contributed by atoms with Gasteiger partial charge in [0.1, 0.15) is 35.3 Å². The first-order valence-corrected chi connectivity index (χ1v) is 12.1. The van der Waals surface area contributed by atoms with Crippen LogP contribution in [0.2, 0.25) is 0 Å². The van der Waals surface area contributed by atoms with E-state index in [1.807, 2.05) is 6.92 Å². The number of benzene rings is 2. The summed E-state index contributed by atoms with van der Waals surface area (Å²) in [4.78, 5) is 27.0. The van der Waals surface area contributed by atoms with Crippen molar-refractivity contribution in [1.29, 1.82) is 0 Å². The zero-order chi connectivity index (χ0) is 26.5. The molecule has 2 aromatic carbocycles. The van der Waals surface area contributed by atoms with Gasteiger partial charge in [-0.1, -0.05) is 19.6 Å². The summed E-state index contributed by atoms with van der Waals surface area (Å²) in [6, 6.07) is 9.96.